The van der Waals surface area contributed by atoms with Gasteiger partial charge in [-0.3, -0.25) is 10.1 Å². The molecule has 1 unspecified atom stereocenters. The van der Waals surface area contributed by atoms with E-state index in [9.17, 15) is 4.79 Å². The highest BCUT2D eigenvalue weighted by Gasteiger charge is 2.39. The minimum atomic E-state index is -0.681. The topological polar surface area (TPSA) is 29.1 Å². The van der Waals surface area contributed by atoms with Crippen LogP contribution in [0.4, 0.5) is 0 Å². The fourth-order valence-electron chi connectivity index (χ4n) is 4.65. The third-order valence-electron chi connectivity index (χ3n) is 6.30. The van der Waals surface area contributed by atoms with Crippen molar-refractivity contribution in [1.29, 1.82) is 0 Å². The Labute approximate surface area is 209 Å². The van der Waals surface area contributed by atoms with Gasteiger partial charge in [0, 0.05) is 0 Å². The Hall–Kier alpha value is -3.75. The molecule has 176 valence electrons. The Morgan fingerprint density at radius 2 is 1.09 bits per heavy atom. The Morgan fingerprint density at radius 1 is 0.686 bits per heavy atom. The summed E-state index contributed by atoms with van der Waals surface area (Å²) in [6.45, 7) is 4.33. The van der Waals surface area contributed by atoms with Crippen LogP contribution in [-0.2, 0) is 10.3 Å². The third kappa shape index (κ3) is 5.85. The molecule has 0 spiro atoms. The number of nitrogens with one attached hydrogen (secondary N) is 1. The number of ketones is 1. The number of hydrogen-bond donors (Lipinski definition) is 1. The highest BCUT2D eigenvalue weighted by atomic mass is 16.1. The summed E-state index contributed by atoms with van der Waals surface area (Å²) in [5.41, 5.74) is 3.65. The van der Waals surface area contributed by atoms with Crippen LogP contribution in [0.5, 0.6) is 0 Å². The number of rotatable bonds is 10. The molecule has 0 radical (unpaired) electrons. The van der Waals surface area contributed by atoms with E-state index in [1.165, 1.54) is 0 Å². The molecule has 0 aliphatic heterocycles. The summed E-state index contributed by atoms with van der Waals surface area (Å²) >= 11 is 0. The largest absolute Gasteiger partial charge is 0.293 e. The van der Waals surface area contributed by atoms with Crippen molar-refractivity contribution in [2.24, 2.45) is 5.92 Å². The first-order valence-electron chi connectivity index (χ1n) is 12.3. The summed E-state index contributed by atoms with van der Waals surface area (Å²) in [5.74, 6) is 0.427. The van der Waals surface area contributed by atoms with Gasteiger partial charge in [-0.2, -0.15) is 0 Å². The van der Waals surface area contributed by atoms with Crippen LogP contribution in [0.15, 0.2) is 127 Å². The molecule has 4 aromatic carbocycles. The van der Waals surface area contributed by atoms with Crippen LogP contribution in [0.2, 0.25) is 0 Å². The second kappa shape index (κ2) is 11.6. The van der Waals surface area contributed by atoms with Crippen molar-refractivity contribution in [3.8, 4) is 0 Å². The van der Waals surface area contributed by atoms with E-state index in [0.717, 1.165) is 28.7 Å². The highest BCUT2D eigenvalue weighted by Crippen LogP contribution is 2.37. The van der Waals surface area contributed by atoms with Gasteiger partial charge in [-0.25, -0.2) is 0 Å². The van der Waals surface area contributed by atoms with E-state index in [2.05, 4.69) is 92.0 Å². The fraction of sp³-hybridized carbons (Fsp3) is 0.182. The molecule has 0 fully saturated rings. The Balaban J connectivity index is 1.84. The summed E-state index contributed by atoms with van der Waals surface area (Å²) in [6.07, 6.45) is 4.36. The van der Waals surface area contributed by atoms with E-state index in [-0.39, 0.29) is 11.8 Å². The summed E-state index contributed by atoms with van der Waals surface area (Å²) < 4.78 is 0. The smallest absolute Gasteiger partial charge is 0.172 e. The van der Waals surface area contributed by atoms with Gasteiger partial charge >= 0.3 is 0 Å². The maximum absolute atomic E-state index is 13.7. The zero-order valence-corrected chi connectivity index (χ0v) is 20.5. The average Bonchev–Trinajstić information content (AvgIpc) is 2.91. The van der Waals surface area contributed by atoms with E-state index >= 15 is 0 Å². The van der Waals surface area contributed by atoms with Crippen LogP contribution in [-0.4, -0.2) is 11.8 Å². The maximum atomic E-state index is 13.7. The lowest BCUT2D eigenvalue weighted by molar-refractivity contribution is -0.117. The molecule has 2 heteroatoms. The predicted octanol–water partition coefficient (Wildman–Crippen LogP) is 7.27. The molecule has 0 aliphatic carbocycles. The van der Waals surface area contributed by atoms with Gasteiger partial charge in [0.05, 0.1) is 11.6 Å². The average molecular weight is 460 g/mol. The highest BCUT2D eigenvalue weighted by molar-refractivity contribution is 5.97. The number of hydrogen-bond acceptors (Lipinski definition) is 2. The van der Waals surface area contributed by atoms with Crippen LogP contribution in [0, 0.1) is 5.92 Å². The van der Waals surface area contributed by atoms with Crippen LogP contribution in [0.25, 0.3) is 6.08 Å². The first-order chi connectivity index (χ1) is 17.1. The van der Waals surface area contributed by atoms with Crippen molar-refractivity contribution in [1.82, 2.24) is 5.32 Å². The van der Waals surface area contributed by atoms with Gasteiger partial charge in [-0.15, -0.1) is 0 Å². The molecule has 0 saturated heterocycles. The lowest BCUT2D eigenvalue weighted by Gasteiger charge is -2.40. The van der Waals surface area contributed by atoms with Gasteiger partial charge < -0.3 is 0 Å². The van der Waals surface area contributed by atoms with E-state index < -0.39 is 5.54 Å². The molecule has 4 aromatic rings. The molecule has 1 atom stereocenters. The molecule has 0 bridgehead atoms. The minimum Gasteiger partial charge on any atom is -0.293 e. The van der Waals surface area contributed by atoms with Crippen LogP contribution < -0.4 is 5.32 Å². The Kier molecular flexibility index (Phi) is 8.07. The molecule has 0 saturated carbocycles. The second-order valence-corrected chi connectivity index (χ2v) is 9.32. The maximum Gasteiger partial charge on any atom is 0.172 e. The van der Waals surface area contributed by atoms with Gasteiger partial charge in [0.25, 0.3) is 0 Å². The standard InChI is InChI=1S/C33H33NO/c1-26(2)25-31(32(35)24-23-27-15-7-3-8-16-27)34-33(28-17-9-4-10-18-28,29-19-11-5-12-20-29)30-21-13-6-14-22-30/h3-24,26,31,34H,25H2,1-2H3. The molecular formula is C33H33NO. The van der Waals surface area contributed by atoms with Crippen molar-refractivity contribution < 1.29 is 4.79 Å². The van der Waals surface area contributed by atoms with Gasteiger partial charge in [0.1, 0.15) is 0 Å². The summed E-state index contributed by atoms with van der Waals surface area (Å²) in [4.78, 5) is 13.7. The minimum absolute atomic E-state index is 0.0784. The normalized spacial score (nSPS) is 12.7. The second-order valence-electron chi connectivity index (χ2n) is 9.32. The monoisotopic (exact) mass is 459 g/mol. The first kappa shape index (κ1) is 24.4. The third-order valence-corrected chi connectivity index (χ3v) is 6.30. The van der Waals surface area contributed by atoms with Gasteiger partial charge in [0.2, 0.25) is 0 Å². The van der Waals surface area contributed by atoms with E-state index in [0.29, 0.717) is 5.92 Å². The van der Waals surface area contributed by atoms with E-state index in [1.807, 2.05) is 54.6 Å². The molecule has 35 heavy (non-hydrogen) atoms. The van der Waals surface area contributed by atoms with Crippen LogP contribution in [0.3, 0.4) is 0 Å². The Bertz CT molecular complexity index is 1120. The fourth-order valence-corrected chi connectivity index (χ4v) is 4.65. The molecule has 0 aromatic heterocycles. The molecule has 0 amide bonds. The lowest BCUT2D eigenvalue weighted by atomic mass is 9.76. The van der Waals surface area contributed by atoms with Gasteiger partial charge in [-0.05, 0) is 40.7 Å². The van der Waals surface area contributed by atoms with Crippen molar-refractivity contribution in [2.75, 3.05) is 0 Å². The molecule has 2 nitrogen and oxygen atoms in total. The van der Waals surface area contributed by atoms with E-state index in [4.69, 9.17) is 0 Å². The summed E-state index contributed by atoms with van der Waals surface area (Å²) in [5, 5.41) is 3.88. The number of carbonyl (C=O) groups excluding carboxylic acids is 1. The molecule has 4 rings (SSSR count). The van der Waals surface area contributed by atoms with Crippen molar-refractivity contribution in [2.45, 2.75) is 31.8 Å². The Morgan fingerprint density at radius 3 is 1.49 bits per heavy atom. The molecular weight excluding hydrogens is 426 g/mol. The zero-order valence-electron chi connectivity index (χ0n) is 20.5. The van der Waals surface area contributed by atoms with Crippen molar-refractivity contribution in [3.63, 3.8) is 0 Å². The van der Waals surface area contributed by atoms with Crippen LogP contribution in [0.1, 0.15) is 42.5 Å². The first-order valence-corrected chi connectivity index (χ1v) is 12.3. The number of benzene rings is 4. The summed E-state index contributed by atoms with van der Waals surface area (Å²) in [7, 11) is 0. The van der Waals surface area contributed by atoms with E-state index in [1.54, 1.807) is 6.08 Å². The molecule has 0 heterocycles. The number of carbonyl (C=O) groups is 1. The van der Waals surface area contributed by atoms with Gasteiger partial charge in [-0.1, -0.05) is 141 Å². The van der Waals surface area contributed by atoms with Crippen LogP contribution >= 0.6 is 0 Å². The molecule has 1 N–H and O–H groups in total. The zero-order chi connectivity index (χ0) is 24.5. The van der Waals surface area contributed by atoms with Gasteiger partial charge in [0.15, 0.2) is 5.78 Å². The SMILES string of the molecule is CC(C)CC(NC(c1ccccc1)(c1ccccc1)c1ccccc1)C(=O)C=Cc1ccccc1. The lowest BCUT2D eigenvalue weighted by Crippen LogP contribution is -2.52. The summed E-state index contributed by atoms with van der Waals surface area (Å²) in [6, 6.07) is 40.9. The predicted molar refractivity (Wildman–Crippen MR) is 146 cm³/mol. The molecule has 0 aliphatic rings. The quantitative estimate of drug-likeness (QED) is 0.200. The van der Waals surface area contributed by atoms with Crippen molar-refractivity contribution in [3.05, 3.63) is 150 Å². The van der Waals surface area contributed by atoms with Crippen molar-refractivity contribution >= 4 is 11.9 Å².